The number of allylic oxidation sites excluding steroid dienone is 1. The van der Waals surface area contributed by atoms with Gasteiger partial charge < -0.3 is 4.74 Å². The number of alkyl halides is 1. The van der Waals surface area contributed by atoms with E-state index in [0.717, 1.165) is 23.9 Å². The normalized spacial score (nSPS) is 10.3. The van der Waals surface area contributed by atoms with Gasteiger partial charge in [0.05, 0.1) is 12.9 Å². The van der Waals surface area contributed by atoms with E-state index < -0.39 is 11.6 Å². The Hall–Kier alpha value is -1.98. The van der Waals surface area contributed by atoms with Gasteiger partial charge in [0.2, 0.25) is 0 Å². The second-order valence-electron chi connectivity index (χ2n) is 3.34. The first-order chi connectivity index (χ1) is 9.06. The number of rotatable bonds is 5. The molecule has 1 aromatic rings. The largest absolute Gasteiger partial charge is 0.487 e. The molecule has 106 valence electrons. The molecular formula is C13H17F3N2O. The minimum Gasteiger partial charge on any atom is -0.487 e. The third-order valence-electron chi connectivity index (χ3n) is 2.18. The lowest BCUT2D eigenvalue weighted by Crippen LogP contribution is -2.16. The van der Waals surface area contributed by atoms with Gasteiger partial charge in [-0.15, -0.1) is 0 Å². The van der Waals surface area contributed by atoms with Crippen LogP contribution in [0.15, 0.2) is 35.1 Å². The lowest BCUT2D eigenvalue weighted by Gasteiger charge is -2.16. The highest BCUT2D eigenvalue weighted by Gasteiger charge is 2.05. The highest BCUT2D eigenvalue weighted by molar-refractivity contribution is 5.25. The first kappa shape index (κ1) is 17.0. The van der Waals surface area contributed by atoms with Crippen molar-refractivity contribution in [2.45, 2.75) is 6.92 Å². The number of benzene rings is 1. The lowest BCUT2D eigenvalue weighted by atomic mass is 10.3. The summed E-state index contributed by atoms with van der Waals surface area (Å²) in [4.78, 5) is 0. The molecule has 1 aromatic carbocycles. The summed E-state index contributed by atoms with van der Waals surface area (Å²) in [6.45, 7) is 5.35. The molecule has 0 radical (unpaired) electrons. The van der Waals surface area contributed by atoms with E-state index >= 15 is 0 Å². The quantitative estimate of drug-likeness (QED) is 0.607. The van der Waals surface area contributed by atoms with Gasteiger partial charge in [0, 0.05) is 32.0 Å². The summed E-state index contributed by atoms with van der Waals surface area (Å²) in [5, 5.41) is 5.22. The molecule has 0 fully saturated rings. The average Bonchev–Trinajstić information content (AvgIpc) is 2.40. The number of ether oxygens (including phenoxy) is 1. The first-order valence-electron chi connectivity index (χ1n) is 5.39. The van der Waals surface area contributed by atoms with Gasteiger partial charge in [-0.2, -0.15) is 5.10 Å². The summed E-state index contributed by atoms with van der Waals surface area (Å²) in [5.74, 6) is -1.20. The molecule has 0 unspecified atom stereocenters. The van der Waals surface area contributed by atoms with Crippen molar-refractivity contribution < 1.29 is 17.9 Å². The molecule has 0 heterocycles. The number of hydrogen-bond acceptors (Lipinski definition) is 3. The molecular weight excluding hydrogens is 257 g/mol. The van der Waals surface area contributed by atoms with Gasteiger partial charge in [0.15, 0.2) is 0 Å². The van der Waals surface area contributed by atoms with E-state index in [1.165, 1.54) is 5.01 Å². The SMILES string of the molecule is C=NN(C)/C(=C\C)COc1cc(F)cc(F)c1.CF. The summed E-state index contributed by atoms with van der Waals surface area (Å²) in [5.41, 5.74) is 0.740. The van der Waals surface area contributed by atoms with Crippen molar-refractivity contribution in [3.05, 3.63) is 41.6 Å². The van der Waals surface area contributed by atoms with Gasteiger partial charge >= 0.3 is 0 Å². The predicted octanol–water partition coefficient (Wildman–Crippen LogP) is 3.38. The summed E-state index contributed by atoms with van der Waals surface area (Å²) in [6, 6.07) is 3.04. The van der Waals surface area contributed by atoms with Crippen LogP contribution in [0.3, 0.4) is 0 Å². The number of hydrazone groups is 1. The highest BCUT2D eigenvalue weighted by Crippen LogP contribution is 2.16. The van der Waals surface area contributed by atoms with Gasteiger partial charge in [-0.1, -0.05) is 6.08 Å². The molecule has 0 aromatic heterocycles. The van der Waals surface area contributed by atoms with Crippen molar-refractivity contribution in [3.63, 3.8) is 0 Å². The Bertz CT molecular complexity index is 416. The Morgan fingerprint density at radius 1 is 1.32 bits per heavy atom. The van der Waals surface area contributed by atoms with Gasteiger partial charge in [-0.05, 0) is 6.92 Å². The molecule has 0 aliphatic heterocycles. The molecule has 0 N–H and O–H groups in total. The van der Waals surface area contributed by atoms with Crippen molar-refractivity contribution in [3.8, 4) is 5.75 Å². The van der Waals surface area contributed by atoms with E-state index in [1.54, 1.807) is 13.1 Å². The van der Waals surface area contributed by atoms with Gasteiger partial charge in [-0.25, -0.2) is 8.78 Å². The highest BCUT2D eigenvalue weighted by atomic mass is 19.1. The number of likely N-dealkylation sites (N-methyl/N-ethyl adjacent to an activating group) is 1. The van der Waals surface area contributed by atoms with Crippen molar-refractivity contribution in [2.24, 2.45) is 5.10 Å². The Kier molecular flexibility index (Phi) is 8.08. The fourth-order valence-corrected chi connectivity index (χ4v) is 1.22. The molecule has 0 bridgehead atoms. The van der Waals surface area contributed by atoms with Crippen LogP contribution < -0.4 is 4.74 Å². The second kappa shape index (κ2) is 9.02. The van der Waals surface area contributed by atoms with Gasteiger partial charge in [0.1, 0.15) is 24.0 Å². The third-order valence-corrected chi connectivity index (χ3v) is 2.18. The van der Waals surface area contributed by atoms with Crippen LogP contribution in [0.5, 0.6) is 5.75 Å². The molecule has 0 atom stereocenters. The van der Waals surface area contributed by atoms with E-state index in [-0.39, 0.29) is 12.4 Å². The number of halogens is 3. The molecule has 3 nitrogen and oxygen atoms in total. The smallest absolute Gasteiger partial charge is 0.129 e. The third kappa shape index (κ3) is 5.94. The van der Waals surface area contributed by atoms with Gasteiger partial charge in [-0.3, -0.25) is 9.40 Å². The molecule has 19 heavy (non-hydrogen) atoms. The maximum absolute atomic E-state index is 12.9. The van der Waals surface area contributed by atoms with Crippen molar-refractivity contribution >= 4 is 6.72 Å². The first-order valence-corrected chi connectivity index (χ1v) is 5.39. The monoisotopic (exact) mass is 274 g/mol. The average molecular weight is 274 g/mol. The van der Waals surface area contributed by atoms with Crippen molar-refractivity contribution in [1.29, 1.82) is 0 Å². The lowest BCUT2D eigenvalue weighted by molar-refractivity contribution is 0.294. The van der Waals surface area contributed by atoms with Gasteiger partial charge in [0.25, 0.3) is 0 Å². The van der Waals surface area contributed by atoms with E-state index in [1.807, 2.05) is 6.92 Å². The molecule has 0 spiro atoms. The van der Waals surface area contributed by atoms with Crippen LogP contribution in [-0.2, 0) is 0 Å². The maximum atomic E-state index is 12.9. The molecule has 1 rings (SSSR count). The van der Waals surface area contributed by atoms with Crippen LogP contribution in [0.25, 0.3) is 0 Å². The summed E-state index contributed by atoms with van der Waals surface area (Å²) in [7, 11) is 2.21. The Morgan fingerprint density at radius 2 is 1.84 bits per heavy atom. The zero-order valence-corrected chi connectivity index (χ0v) is 11.2. The molecule has 6 heteroatoms. The summed E-state index contributed by atoms with van der Waals surface area (Å²) in [6.07, 6.45) is 1.78. The second-order valence-corrected chi connectivity index (χ2v) is 3.34. The molecule has 0 aliphatic rings. The van der Waals surface area contributed by atoms with Crippen molar-refractivity contribution in [2.75, 3.05) is 20.8 Å². The van der Waals surface area contributed by atoms with E-state index in [2.05, 4.69) is 11.8 Å². The predicted molar refractivity (Wildman–Crippen MR) is 70.0 cm³/mol. The van der Waals surface area contributed by atoms with Crippen molar-refractivity contribution in [1.82, 2.24) is 5.01 Å². The van der Waals surface area contributed by atoms with Crippen LogP contribution in [-0.4, -0.2) is 32.6 Å². The molecule has 0 saturated heterocycles. The van der Waals surface area contributed by atoms with E-state index in [0.29, 0.717) is 7.18 Å². The maximum Gasteiger partial charge on any atom is 0.129 e. The zero-order valence-electron chi connectivity index (χ0n) is 11.2. The van der Waals surface area contributed by atoms with Crippen LogP contribution in [0.2, 0.25) is 0 Å². The van der Waals surface area contributed by atoms with Crippen LogP contribution in [0.1, 0.15) is 6.92 Å². The fourth-order valence-electron chi connectivity index (χ4n) is 1.22. The zero-order chi connectivity index (χ0) is 14.8. The Labute approximate surface area is 111 Å². The fraction of sp³-hybridized carbons (Fsp3) is 0.308. The molecule has 0 amide bonds. The van der Waals surface area contributed by atoms with Crippen LogP contribution >= 0.6 is 0 Å². The summed E-state index contributed by atoms with van der Waals surface area (Å²) < 4.78 is 40.5. The van der Waals surface area contributed by atoms with Crippen LogP contribution in [0.4, 0.5) is 13.2 Å². The summed E-state index contributed by atoms with van der Waals surface area (Å²) >= 11 is 0. The standard InChI is InChI=1S/C12H14F2N2O.CH3F/c1-4-11(16(3)15-2)8-17-12-6-9(13)5-10(14)7-12;1-2/h4-7H,2,8H2,1,3H3;1H3/b11-4-;. The molecule has 0 saturated carbocycles. The Morgan fingerprint density at radius 3 is 2.26 bits per heavy atom. The minimum absolute atomic E-state index is 0.138. The van der Waals surface area contributed by atoms with E-state index in [4.69, 9.17) is 4.74 Å². The van der Waals surface area contributed by atoms with E-state index in [9.17, 15) is 13.2 Å². The van der Waals surface area contributed by atoms with Crippen LogP contribution in [0, 0.1) is 11.6 Å². The number of nitrogens with zero attached hydrogens (tertiary/aromatic N) is 2. The molecule has 0 aliphatic carbocycles. The topological polar surface area (TPSA) is 24.8 Å². The Balaban J connectivity index is 0.00000154. The minimum atomic E-state index is -0.669. The number of hydrogen-bond donors (Lipinski definition) is 0.